The van der Waals surface area contributed by atoms with Crippen molar-refractivity contribution < 1.29 is 14.1 Å². The van der Waals surface area contributed by atoms with Crippen LogP contribution in [0.4, 0.5) is 0 Å². The maximum absolute atomic E-state index is 12.9. The van der Waals surface area contributed by atoms with Gasteiger partial charge in [0, 0.05) is 13.0 Å². The molecule has 0 bridgehead atoms. The number of rotatable bonds is 5. The number of hydrogen-bond donors (Lipinski definition) is 0. The molecule has 2 aromatic heterocycles. The Balaban J connectivity index is 1.44. The highest BCUT2D eigenvalue weighted by atomic mass is 16.5. The lowest BCUT2D eigenvalue weighted by Crippen LogP contribution is -2.48. The summed E-state index contributed by atoms with van der Waals surface area (Å²) in [6.45, 7) is 10.5. The zero-order valence-corrected chi connectivity index (χ0v) is 18.3. The van der Waals surface area contributed by atoms with E-state index in [0.717, 1.165) is 53.8 Å². The molecule has 0 N–H and O–H groups in total. The molecule has 4 rings (SSSR count). The van der Waals surface area contributed by atoms with E-state index in [1.807, 2.05) is 36.9 Å². The van der Waals surface area contributed by atoms with Gasteiger partial charge in [-0.25, -0.2) is 4.98 Å². The van der Waals surface area contributed by atoms with Gasteiger partial charge in [-0.2, -0.15) is 0 Å². The number of ether oxygens (including phenoxy) is 1. The summed E-state index contributed by atoms with van der Waals surface area (Å²) in [6.07, 6.45) is 2.91. The van der Waals surface area contributed by atoms with E-state index in [0.29, 0.717) is 26.2 Å². The van der Waals surface area contributed by atoms with Crippen LogP contribution in [0.15, 0.2) is 22.7 Å². The monoisotopic (exact) mass is 412 g/mol. The third kappa shape index (κ3) is 4.57. The quantitative estimate of drug-likeness (QED) is 0.751. The van der Waals surface area contributed by atoms with Crippen molar-refractivity contribution in [3.63, 3.8) is 0 Å². The number of likely N-dealkylation sites (tertiary alicyclic amines) is 1. The molecular formula is C23H32N4O3. The Hall–Kier alpha value is -2.25. The molecule has 0 aromatic carbocycles. The smallest absolute Gasteiger partial charge is 0.236 e. The summed E-state index contributed by atoms with van der Waals surface area (Å²) in [5.41, 5.74) is 3.49. The molecular weight excluding hydrogens is 380 g/mol. The molecule has 0 spiro atoms. The van der Waals surface area contributed by atoms with Gasteiger partial charge in [0.2, 0.25) is 5.91 Å². The third-order valence-corrected chi connectivity index (χ3v) is 6.27. The Kier molecular flexibility index (Phi) is 6.49. The fraction of sp³-hybridized carbons (Fsp3) is 0.609. The van der Waals surface area contributed by atoms with Gasteiger partial charge in [0.25, 0.3) is 0 Å². The van der Waals surface area contributed by atoms with Crippen LogP contribution >= 0.6 is 0 Å². The van der Waals surface area contributed by atoms with Crippen molar-refractivity contribution in [1.29, 1.82) is 0 Å². The van der Waals surface area contributed by atoms with E-state index in [2.05, 4.69) is 17.0 Å². The van der Waals surface area contributed by atoms with Gasteiger partial charge >= 0.3 is 0 Å². The molecule has 1 atom stereocenters. The first kappa shape index (κ1) is 21.0. The molecule has 0 aliphatic carbocycles. The zero-order valence-electron chi connectivity index (χ0n) is 18.3. The molecule has 2 saturated heterocycles. The predicted molar refractivity (Wildman–Crippen MR) is 114 cm³/mol. The van der Waals surface area contributed by atoms with Crippen molar-refractivity contribution in [2.24, 2.45) is 5.92 Å². The van der Waals surface area contributed by atoms with Crippen LogP contribution in [-0.4, -0.2) is 65.2 Å². The average molecular weight is 413 g/mol. The van der Waals surface area contributed by atoms with E-state index in [1.165, 1.54) is 12.8 Å². The Labute approximate surface area is 178 Å². The molecule has 7 heteroatoms. The highest BCUT2D eigenvalue weighted by Gasteiger charge is 2.28. The summed E-state index contributed by atoms with van der Waals surface area (Å²) < 4.78 is 11.4. The van der Waals surface area contributed by atoms with Crippen molar-refractivity contribution in [2.45, 2.75) is 46.1 Å². The molecule has 4 heterocycles. The van der Waals surface area contributed by atoms with Gasteiger partial charge in [0.15, 0.2) is 0 Å². The van der Waals surface area contributed by atoms with E-state index in [1.54, 1.807) is 0 Å². The average Bonchev–Trinajstić information content (AvgIpc) is 3.16. The van der Waals surface area contributed by atoms with E-state index in [-0.39, 0.29) is 12.0 Å². The van der Waals surface area contributed by atoms with E-state index in [9.17, 15) is 4.79 Å². The molecule has 2 aliphatic heterocycles. The molecule has 2 aliphatic rings. The Morgan fingerprint density at radius 1 is 1.23 bits per heavy atom. The number of piperidine rings is 1. The van der Waals surface area contributed by atoms with Crippen molar-refractivity contribution in [3.05, 3.63) is 35.3 Å². The molecule has 1 amide bonds. The topological polar surface area (TPSA) is 71.7 Å². The molecule has 162 valence electrons. The largest absolute Gasteiger partial charge is 0.368 e. The SMILES string of the molecule is CCc1onc(C)c1-c1cccc([C@@H]2CN(C(=O)CN3CCC(C)CC3)CCO2)n1. The second-order valence-electron chi connectivity index (χ2n) is 8.53. The Morgan fingerprint density at radius 3 is 2.80 bits per heavy atom. The summed E-state index contributed by atoms with van der Waals surface area (Å²) in [5, 5.41) is 4.10. The molecule has 30 heavy (non-hydrogen) atoms. The molecule has 7 nitrogen and oxygen atoms in total. The maximum Gasteiger partial charge on any atom is 0.236 e. The van der Waals surface area contributed by atoms with Crippen LogP contribution in [0.25, 0.3) is 11.3 Å². The number of aromatic nitrogens is 2. The predicted octanol–water partition coefficient (Wildman–Crippen LogP) is 3.24. The van der Waals surface area contributed by atoms with Gasteiger partial charge < -0.3 is 14.2 Å². The fourth-order valence-electron chi connectivity index (χ4n) is 4.32. The second kappa shape index (κ2) is 9.27. The van der Waals surface area contributed by atoms with Crippen molar-refractivity contribution in [1.82, 2.24) is 19.9 Å². The Morgan fingerprint density at radius 2 is 2.03 bits per heavy atom. The highest BCUT2D eigenvalue weighted by Crippen LogP contribution is 2.29. The van der Waals surface area contributed by atoms with Crippen LogP contribution in [-0.2, 0) is 16.0 Å². The summed E-state index contributed by atoms with van der Waals surface area (Å²) in [6, 6.07) is 5.94. The number of morpholine rings is 1. The van der Waals surface area contributed by atoms with E-state index >= 15 is 0 Å². The second-order valence-corrected chi connectivity index (χ2v) is 8.53. The number of carbonyl (C=O) groups is 1. The normalized spacial score (nSPS) is 21.2. The first-order valence-electron chi connectivity index (χ1n) is 11.1. The molecule has 0 radical (unpaired) electrons. The molecule has 2 aromatic rings. The number of amides is 1. The van der Waals surface area contributed by atoms with Crippen molar-refractivity contribution >= 4 is 5.91 Å². The van der Waals surface area contributed by atoms with Gasteiger partial charge in [-0.05, 0) is 50.9 Å². The minimum atomic E-state index is -0.214. The van der Waals surface area contributed by atoms with Gasteiger partial charge in [-0.15, -0.1) is 0 Å². The first-order chi connectivity index (χ1) is 14.5. The minimum absolute atomic E-state index is 0.192. The first-order valence-corrected chi connectivity index (χ1v) is 11.1. The van der Waals surface area contributed by atoms with Gasteiger partial charge in [0.1, 0.15) is 11.9 Å². The number of carbonyl (C=O) groups excluding carboxylic acids is 1. The van der Waals surface area contributed by atoms with Crippen LogP contribution in [0, 0.1) is 12.8 Å². The molecule has 0 unspecified atom stereocenters. The standard InChI is InChI=1S/C23H32N4O3/c1-4-20-23(17(3)25-30-20)19-7-5-6-18(24-19)21-14-27(12-13-29-21)22(28)15-26-10-8-16(2)9-11-26/h5-7,16,21H,4,8-15H2,1-3H3/t21-/m0/s1. The van der Waals surface area contributed by atoms with Crippen molar-refractivity contribution in [2.75, 3.05) is 39.3 Å². The lowest BCUT2D eigenvalue weighted by atomic mass is 9.99. The number of aryl methyl sites for hydroxylation is 2. The van der Waals surface area contributed by atoms with Crippen LogP contribution in [0.2, 0.25) is 0 Å². The van der Waals surface area contributed by atoms with Gasteiger partial charge in [-0.3, -0.25) is 9.69 Å². The minimum Gasteiger partial charge on any atom is -0.368 e. The molecule has 2 fully saturated rings. The van der Waals surface area contributed by atoms with Crippen LogP contribution < -0.4 is 0 Å². The Bertz CT molecular complexity index is 873. The summed E-state index contributed by atoms with van der Waals surface area (Å²) in [4.78, 5) is 22.0. The van der Waals surface area contributed by atoms with Crippen LogP contribution in [0.5, 0.6) is 0 Å². The summed E-state index contributed by atoms with van der Waals surface area (Å²) >= 11 is 0. The van der Waals surface area contributed by atoms with Gasteiger partial charge in [-0.1, -0.05) is 25.1 Å². The highest BCUT2D eigenvalue weighted by molar-refractivity contribution is 5.78. The van der Waals surface area contributed by atoms with Gasteiger partial charge in [0.05, 0.1) is 42.3 Å². The number of pyridine rings is 1. The lowest BCUT2D eigenvalue weighted by Gasteiger charge is -2.35. The van der Waals surface area contributed by atoms with Crippen LogP contribution in [0.1, 0.15) is 49.9 Å². The lowest BCUT2D eigenvalue weighted by molar-refractivity contribution is -0.140. The number of hydrogen-bond acceptors (Lipinski definition) is 6. The number of nitrogens with zero attached hydrogens (tertiary/aromatic N) is 4. The molecule has 0 saturated carbocycles. The summed E-state index contributed by atoms with van der Waals surface area (Å²) in [5.74, 6) is 1.80. The fourth-order valence-corrected chi connectivity index (χ4v) is 4.32. The van der Waals surface area contributed by atoms with Crippen LogP contribution in [0.3, 0.4) is 0 Å². The zero-order chi connectivity index (χ0) is 21.1. The summed E-state index contributed by atoms with van der Waals surface area (Å²) in [7, 11) is 0. The van der Waals surface area contributed by atoms with E-state index < -0.39 is 0 Å². The third-order valence-electron chi connectivity index (χ3n) is 6.27. The van der Waals surface area contributed by atoms with E-state index in [4.69, 9.17) is 14.2 Å². The van der Waals surface area contributed by atoms with Crippen molar-refractivity contribution in [3.8, 4) is 11.3 Å². The maximum atomic E-state index is 12.9.